The van der Waals surface area contributed by atoms with E-state index in [1.165, 1.54) is 12.2 Å². The van der Waals surface area contributed by atoms with Crippen molar-refractivity contribution in [1.29, 1.82) is 0 Å². The van der Waals surface area contributed by atoms with Crippen LogP contribution in [0.5, 0.6) is 0 Å². The van der Waals surface area contributed by atoms with Gasteiger partial charge in [-0.3, -0.25) is 0 Å². The van der Waals surface area contributed by atoms with Crippen LogP contribution < -0.4 is 4.57 Å². The van der Waals surface area contributed by atoms with Crippen LogP contribution >= 0.6 is 0 Å². The highest BCUT2D eigenvalue weighted by atomic mass is 15.1. The number of rotatable bonds is 4. The summed E-state index contributed by atoms with van der Waals surface area (Å²) in [7, 11) is 2.09. The number of imidazole rings is 1. The van der Waals surface area contributed by atoms with Gasteiger partial charge in [-0.15, -0.1) is 0 Å². The molecule has 0 radical (unpaired) electrons. The van der Waals surface area contributed by atoms with Gasteiger partial charge in [-0.05, 0) is 12.5 Å². The van der Waals surface area contributed by atoms with Crippen LogP contribution in [0, 0.1) is 0 Å². The second kappa shape index (κ2) is 4.85. The van der Waals surface area contributed by atoms with Gasteiger partial charge in [0.15, 0.2) is 0 Å². The van der Waals surface area contributed by atoms with Crippen LogP contribution in [0.2, 0.25) is 0 Å². The minimum absolute atomic E-state index is 1.07. The fourth-order valence-electron chi connectivity index (χ4n) is 1.45. The third-order valence-corrected chi connectivity index (χ3v) is 2.19. The first-order valence-corrected chi connectivity index (χ1v) is 5.01. The van der Waals surface area contributed by atoms with E-state index in [2.05, 4.69) is 54.7 Å². The van der Waals surface area contributed by atoms with Crippen molar-refractivity contribution >= 4 is 6.20 Å². The monoisotopic (exact) mass is 179 g/mol. The third kappa shape index (κ3) is 2.44. The summed E-state index contributed by atoms with van der Waals surface area (Å²) in [6.07, 6.45) is 12.0. The predicted molar refractivity (Wildman–Crippen MR) is 55.2 cm³/mol. The van der Waals surface area contributed by atoms with E-state index in [0.29, 0.717) is 0 Å². The van der Waals surface area contributed by atoms with Gasteiger partial charge in [-0.1, -0.05) is 20.3 Å². The van der Waals surface area contributed by atoms with Crippen LogP contribution in [0.4, 0.5) is 0 Å². The molecule has 1 aromatic heterocycles. The highest BCUT2D eigenvalue weighted by Gasteiger charge is 2.08. The lowest BCUT2D eigenvalue weighted by Gasteiger charge is -1.93. The van der Waals surface area contributed by atoms with E-state index < -0.39 is 0 Å². The van der Waals surface area contributed by atoms with E-state index in [1.54, 1.807) is 0 Å². The fourth-order valence-corrected chi connectivity index (χ4v) is 1.45. The number of aryl methyl sites for hydroxylation is 1. The number of aromatic nitrogens is 2. The molecule has 0 spiro atoms. The van der Waals surface area contributed by atoms with Crippen molar-refractivity contribution in [2.75, 3.05) is 0 Å². The van der Waals surface area contributed by atoms with E-state index in [4.69, 9.17) is 0 Å². The first kappa shape index (κ1) is 10.0. The molecule has 0 aliphatic heterocycles. The van der Waals surface area contributed by atoms with Crippen LogP contribution in [0.25, 0.3) is 6.20 Å². The second-order valence-electron chi connectivity index (χ2n) is 3.26. The van der Waals surface area contributed by atoms with Gasteiger partial charge >= 0.3 is 0 Å². The lowest BCUT2D eigenvalue weighted by molar-refractivity contribution is -0.678. The number of hydrogen-bond acceptors (Lipinski definition) is 0. The number of nitrogens with zero attached hydrogens (tertiary/aromatic N) is 2. The zero-order valence-electron chi connectivity index (χ0n) is 8.83. The summed E-state index contributed by atoms with van der Waals surface area (Å²) in [5, 5.41) is 0. The summed E-state index contributed by atoms with van der Waals surface area (Å²) in [5.41, 5.74) is 0. The minimum atomic E-state index is 1.07. The molecule has 0 aromatic carbocycles. The molecular formula is C11H19N2+. The van der Waals surface area contributed by atoms with Crippen molar-refractivity contribution in [3.05, 3.63) is 24.3 Å². The summed E-state index contributed by atoms with van der Waals surface area (Å²) >= 11 is 0. The number of allylic oxidation sites excluding steroid dienone is 1. The Morgan fingerprint density at radius 1 is 1.46 bits per heavy atom. The van der Waals surface area contributed by atoms with Gasteiger partial charge in [-0.25, -0.2) is 9.13 Å². The standard InChI is InChI=1S/C11H19N2/c1-4-6-7-8-13-10-9-12(3)11(13)5-2/h7-10H,4-6H2,1-3H3/q+1. The molecule has 0 aliphatic carbocycles. The van der Waals surface area contributed by atoms with Gasteiger partial charge in [0.05, 0.1) is 13.2 Å². The first-order chi connectivity index (χ1) is 6.29. The van der Waals surface area contributed by atoms with Gasteiger partial charge in [0, 0.05) is 6.42 Å². The van der Waals surface area contributed by atoms with E-state index in [-0.39, 0.29) is 0 Å². The average molecular weight is 179 g/mol. The van der Waals surface area contributed by atoms with Crippen LogP contribution in [-0.4, -0.2) is 4.57 Å². The van der Waals surface area contributed by atoms with E-state index in [1.807, 2.05) is 0 Å². The van der Waals surface area contributed by atoms with E-state index in [9.17, 15) is 0 Å². The van der Waals surface area contributed by atoms with Crippen molar-refractivity contribution in [1.82, 2.24) is 4.57 Å². The van der Waals surface area contributed by atoms with Crippen molar-refractivity contribution in [3.8, 4) is 0 Å². The van der Waals surface area contributed by atoms with Crippen LogP contribution in [0.15, 0.2) is 18.5 Å². The molecule has 72 valence electrons. The summed E-state index contributed by atoms with van der Waals surface area (Å²) in [4.78, 5) is 0. The molecule has 13 heavy (non-hydrogen) atoms. The molecule has 0 aliphatic rings. The maximum atomic E-state index is 2.22. The van der Waals surface area contributed by atoms with Crippen LogP contribution in [0.3, 0.4) is 0 Å². The molecule has 0 unspecified atom stereocenters. The molecule has 0 atom stereocenters. The summed E-state index contributed by atoms with van der Waals surface area (Å²) in [6, 6.07) is 0. The van der Waals surface area contributed by atoms with Gasteiger partial charge < -0.3 is 0 Å². The van der Waals surface area contributed by atoms with Crippen molar-refractivity contribution in [2.24, 2.45) is 7.05 Å². The molecule has 0 saturated heterocycles. The Bertz CT molecular complexity index is 284. The lowest BCUT2D eigenvalue weighted by atomic mass is 10.3. The summed E-state index contributed by atoms with van der Waals surface area (Å²) in [5.74, 6) is 1.34. The van der Waals surface area contributed by atoms with Crippen LogP contribution in [0.1, 0.15) is 32.5 Å². The first-order valence-electron chi connectivity index (χ1n) is 5.01. The smallest absolute Gasteiger partial charge is 0.237 e. The van der Waals surface area contributed by atoms with Gasteiger partial charge in [-0.2, -0.15) is 0 Å². The van der Waals surface area contributed by atoms with Gasteiger partial charge in [0.25, 0.3) is 5.82 Å². The highest BCUT2D eigenvalue weighted by Crippen LogP contribution is 1.98. The van der Waals surface area contributed by atoms with Crippen LogP contribution in [-0.2, 0) is 13.5 Å². The summed E-state index contributed by atoms with van der Waals surface area (Å²) < 4.78 is 4.35. The molecule has 2 nitrogen and oxygen atoms in total. The molecule has 0 fully saturated rings. The van der Waals surface area contributed by atoms with Crippen molar-refractivity contribution in [3.63, 3.8) is 0 Å². The minimum Gasteiger partial charge on any atom is -0.237 e. The Morgan fingerprint density at radius 3 is 2.85 bits per heavy atom. The Kier molecular flexibility index (Phi) is 3.74. The molecule has 0 bridgehead atoms. The third-order valence-electron chi connectivity index (χ3n) is 2.19. The zero-order valence-corrected chi connectivity index (χ0v) is 8.83. The Labute approximate surface area is 80.5 Å². The maximum Gasteiger partial charge on any atom is 0.260 e. The lowest BCUT2D eigenvalue weighted by Crippen LogP contribution is -2.31. The second-order valence-corrected chi connectivity index (χ2v) is 3.26. The van der Waals surface area contributed by atoms with Gasteiger partial charge in [0.1, 0.15) is 12.4 Å². The average Bonchev–Trinajstić information content (AvgIpc) is 2.47. The van der Waals surface area contributed by atoms with E-state index in [0.717, 1.165) is 12.8 Å². The normalized spacial score (nSPS) is 11.3. The van der Waals surface area contributed by atoms with E-state index >= 15 is 0 Å². The Balaban J connectivity index is 2.76. The summed E-state index contributed by atoms with van der Waals surface area (Å²) in [6.45, 7) is 4.38. The molecule has 0 amide bonds. The Hall–Kier alpha value is -1.05. The number of unbranched alkanes of at least 4 members (excludes halogenated alkanes) is 1. The molecule has 1 rings (SSSR count). The van der Waals surface area contributed by atoms with Crippen molar-refractivity contribution in [2.45, 2.75) is 33.1 Å². The highest BCUT2D eigenvalue weighted by molar-refractivity contribution is 5.22. The fraction of sp³-hybridized carbons (Fsp3) is 0.545. The Morgan fingerprint density at radius 2 is 2.23 bits per heavy atom. The molecule has 1 aromatic rings. The SMILES string of the molecule is CCCC=Cn1cc[n+](C)c1CC. The van der Waals surface area contributed by atoms with Gasteiger partial charge in [0.2, 0.25) is 0 Å². The number of hydrogen-bond donors (Lipinski definition) is 0. The topological polar surface area (TPSA) is 8.81 Å². The largest absolute Gasteiger partial charge is 0.260 e. The molecule has 1 heterocycles. The quantitative estimate of drug-likeness (QED) is 0.626. The molecular weight excluding hydrogens is 160 g/mol. The van der Waals surface area contributed by atoms with Crippen molar-refractivity contribution < 1.29 is 4.57 Å². The maximum absolute atomic E-state index is 2.22. The predicted octanol–water partition coefficient (Wildman–Crippen LogP) is 2.15. The molecule has 2 heteroatoms. The molecule has 0 N–H and O–H groups in total. The molecule has 0 saturated carbocycles. The zero-order chi connectivity index (χ0) is 9.68.